The molecule has 3 nitrogen and oxygen atoms in total. The Kier molecular flexibility index (Phi) is 2.72. The molecule has 0 saturated heterocycles. The quantitative estimate of drug-likeness (QED) is 0.715. The molecule has 0 aromatic heterocycles. The van der Waals surface area contributed by atoms with E-state index in [1.165, 1.54) is 0 Å². The third kappa shape index (κ3) is 1.80. The van der Waals surface area contributed by atoms with E-state index >= 15 is 0 Å². The smallest absolute Gasteiger partial charge is 0.178 e. The molecule has 98 valence electrons. The van der Waals surface area contributed by atoms with Gasteiger partial charge in [0.25, 0.3) is 0 Å². The van der Waals surface area contributed by atoms with Crippen LogP contribution in [0.4, 0.5) is 0 Å². The number of Topliss-reactive ketones (excluding diaryl/α,β-unsaturated/α-hetero) is 1. The Labute approximate surface area is 108 Å². The summed E-state index contributed by atoms with van der Waals surface area (Å²) in [5.74, 6) is 0.156. The van der Waals surface area contributed by atoms with Crippen molar-refractivity contribution in [2.24, 2.45) is 16.7 Å². The molecular formula is C15H21NO2. The van der Waals surface area contributed by atoms with E-state index in [-0.39, 0.29) is 22.7 Å². The third-order valence-electron chi connectivity index (χ3n) is 4.82. The molecule has 2 unspecified atom stereocenters. The Bertz CT molecular complexity index is 467. The van der Waals surface area contributed by atoms with Gasteiger partial charge < -0.3 is 5.11 Å². The summed E-state index contributed by atoms with van der Waals surface area (Å²) in [5.41, 5.74) is -1.20. The average molecular weight is 247 g/mol. The van der Waals surface area contributed by atoms with Crippen LogP contribution in [-0.2, 0) is 4.79 Å². The molecule has 1 fully saturated rings. The highest BCUT2D eigenvalue weighted by Crippen LogP contribution is 2.56. The molecule has 1 N–H and O–H groups in total. The maximum atomic E-state index is 12.3. The predicted molar refractivity (Wildman–Crippen MR) is 68.6 cm³/mol. The van der Waals surface area contributed by atoms with Gasteiger partial charge in [0.1, 0.15) is 6.07 Å². The lowest BCUT2D eigenvalue weighted by molar-refractivity contribution is -0.136. The van der Waals surface area contributed by atoms with Crippen LogP contribution < -0.4 is 0 Å². The molecule has 18 heavy (non-hydrogen) atoms. The van der Waals surface area contributed by atoms with E-state index in [0.29, 0.717) is 6.42 Å². The topological polar surface area (TPSA) is 61.1 Å². The second-order valence-corrected chi connectivity index (χ2v) is 6.99. The fraction of sp³-hybridized carbons (Fsp3) is 0.733. The molecule has 0 bridgehead atoms. The number of carbonyl (C=O) groups excluding carboxylic acids is 1. The molecule has 3 heteroatoms. The second kappa shape index (κ2) is 3.68. The number of carbonyl (C=O) groups is 1. The first kappa shape index (κ1) is 13.3. The van der Waals surface area contributed by atoms with Crippen LogP contribution in [0.25, 0.3) is 0 Å². The van der Waals surface area contributed by atoms with Crippen LogP contribution in [0.2, 0.25) is 0 Å². The molecule has 1 saturated carbocycles. The Balaban J connectivity index is 2.53. The number of fused-ring (bicyclic) bond motifs is 1. The first-order valence-corrected chi connectivity index (χ1v) is 6.52. The molecule has 2 aliphatic carbocycles. The maximum absolute atomic E-state index is 12.3. The van der Waals surface area contributed by atoms with Crippen molar-refractivity contribution in [1.82, 2.24) is 0 Å². The summed E-state index contributed by atoms with van der Waals surface area (Å²) < 4.78 is 0. The summed E-state index contributed by atoms with van der Waals surface area (Å²) in [7, 11) is 0. The minimum atomic E-state index is -0.696. The summed E-state index contributed by atoms with van der Waals surface area (Å²) in [4.78, 5) is 12.3. The minimum Gasteiger partial charge on any atom is -0.390 e. The second-order valence-electron chi connectivity index (χ2n) is 6.99. The largest absolute Gasteiger partial charge is 0.390 e. The van der Waals surface area contributed by atoms with Gasteiger partial charge in [-0.3, -0.25) is 4.79 Å². The molecule has 0 heterocycles. The molecular weight excluding hydrogens is 226 g/mol. The van der Waals surface area contributed by atoms with Gasteiger partial charge in [-0.1, -0.05) is 26.8 Å². The Hall–Kier alpha value is -1.14. The van der Waals surface area contributed by atoms with Crippen molar-refractivity contribution in [1.29, 1.82) is 5.26 Å². The predicted octanol–water partition coefficient (Wildman–Crippen LogP) is 2.60. The number of hydrogen-bond acceptors (Lipinski definition) is 3. The van der Waals surface area contributed by atoms with Crippen molar-refractivity contribution in [3.8, 4) is 6.07 Å². The van der Waals surface area contributed by atoms with Crippen LogP contribution in [0.5, 0.6) is 0 Å². The van der Waals surface area contributed by atoms with Gasteiger partial charge in [-0.2, -0.15) is 5.26 Å². The highest BCUT2D eigenvalue weighted by atomic mass is 16.3. The number of nitriles is 1. The number of ketones is 1. The van der Waals surface area contributed by atoms with Crippen molar-refractivity contribution in [2.75, 3.05) is 0 Å². The van der Waals surface area contributed by atoms with Gasteiger partial charge in [0.05, 0.1) is 11.2 Å². The van der Waals surface area contributed by atoms with Gasteiger partial charge >= 0.3 is 0 Å². The van der Waals surface area contributed by atoms with Gasteiger partial charge in [-0.25, -0.2) is 0 Å². The van der Waals surface area contributed by atoms with Crippen LogP contribution in [0.3, 0.4) is 0 Å². The van der Waals surface area contributed by atoms with E-state index in [9.17, 15) is 9.90 Å². The number of hydrogen-bond donors (Lipinski definition) is 1. The Morgan fingerprint density at radius 2 is 2.00 bits per heavy atom. The first-order chi connectivity index (χ1) is 8.12. The van der Waals surface area contributed by atoms with E-state index in [0.717, 1.165) is 12.8 Å². The lowest BCUT2D eigenvalue weighted by Gasteiger charge is -2.53. The lowest BCUT2D eigenvalue weighted by atomic mass is 9.50. The Morgan fingerprint density at radius 1 is 1.39 bits per heavy atom. The van der Waals surface area contributed by atoms with Crippen LogP contribution in [0.1, 0.15) is 47.0 Å². The van der Waals surface area contributed by atoms with Gasteiger partial charge in [-0.15, -0.1) is 0 Å². The van der Waals surface area contributed by atoms with E-state index in [4.69, 9.17) is 5.26 Å². The highest BCUT2D eigenvalue weighted by Gasteiger charge is 2.55. The third-order valence-corrected chi connectivity index (χ3v) is 4.82. The van der Waals surface area contributed by atoms with E-state index in [1.54, 1.807) is 6.08 Å². The highest BCUT2D eigenvalue weighted by molar-refractivity contribution is 6.04. The first-order valence-electron chi connectivity index (χ1n) is 6.52. The lowest BCUT2D eigenvalue weighted by Crippen LogP contribution is -2.52. The molecule has 0 amide bonds. The zero-order valence-electron chi connectivity index (χ0n) is 11.6. The molecule has 0 radical (unpaired) electrons. The fourth-order valence-electron chi connectivity index (χ4n) is 4.14. The molecule has 0 aliphatic heterocycles. The summed E-state index contributed by atoms with van der Waals surface area (Å²) >= 11 is 0. The maximum Gasteiger partial charge on any atom is 0.178 e. The number of aliphatic hydroxyl groups is 1. The fourth-order valence-corrected chi connectivity index (χ4v) is 4.14. The van der Waals surface area contributed by atoms with Crippen LogP contribution in [-0.4, -0.2) is 16.5 Å². The number of allylic oxidation sites excluding steroid dienone is 2. The Morgan fingerprint density at radius 3 is 2.56 bits per heavy atom. The molecule has 0 aromatic carbocycles. The molecule has 2 rings (SSSR count). The number of nitrogens with zero attached hydrogens (tertiary/aromatic N) is 1. The van der Waals surface area contributed by atoms with Crippen molar-refractivity contribution >= 4 is 5.78 Å². The summed E-state index contributed by atoms with van der Waals surface area (Å²) in [6.07, 6.45) is 3.97. The zero-order valence-corrected chi connectivity index (χ0v) is 11.6. The molecule has 2 aliphatic rings. The van der Waals surface area contributed by atoms with Crippen molar-refractivity contribution in [3.63, 3.8) is 0 Å². The van der Waals surface area contributed by atoms with Crippen LogP contribution in [0.15, 0.2) is 11.6 Å². The van der Waals surface area contributed by atoms with Gasteiger partial charge in [-0.05, 0) is 37.5 Å². The monoisotopic (exact) mass is 247 g/mol. The molecule has 0 spiro atoms. The average Bonchev–Trinajstić information content (AvgIpc) is 2.21. The number of rotatable bonds is 0. The molecule has 0 aromatic rings. The minimum absolute atomic E-state index is 0.0472. The van der Waals surface area contributed by atoms with Gasteiger partial charge in [0, 0.05) is 5.41 Å². The van der Waals surface area contributed by atoms with E-state index < -0.39 is 11.0 Å². The van der Waals surface area contributed by atoms with E-state index in [2.05, 4.69) is 6.92 Å². The van der Waals surface area contributed by atoms with Crippen molar-refractivity contribution < 1.29 is 9.90 Å². The van der Waals surface area contributed by atoms with Crippen LogP contribution in [0, 0.1) is 28.1 Å². The van der Waals surface area contributed by atoms with Crippen LogP contribution >= 0.6 is 0 Å². The standard InChI is InChI=1S/C15H21NO2/c1-13(2)11-5-6-15(4,18)9-14(11,3)7-10(8-16)12(13)17/h7,11,18H,5-6,9H2,1-4H3/t11?,14?,15-/m0/s1. The summed E-state index contributed by atoms with van der Waals surface area (Å²) in [6, 6.07) is 2.02. The summed E-state index contributed by atoms with van der Waals surface area (Å²) in [6.45, 7) is 7.78. The summed E-state index contributed by atoms with van der Waals surface area (Å²) in [5, 5.41) is 19.4. The van der Waals surface area contributed by atoms with Crippen molar-refractivity contribution in [2.45, 2.75) is 52.6 Å². The van der Waals surface area contributed by atoms with E-state index in [1.807, 2.05) is 26.8 Å². The van der Waals surface area contributed by atoms with Gasteiger partial charge in [0.15, 0.2) is 5.78 Å². The SMILES string of the molecule is CC12C=C(C#N)C(=O)C(C)(C)C1CC[C@](C)(O)C2. The normalized spacial score (nSPS) is 42.8. The zero-order chi connectivity index (χ0) is 13.8. The van der Waals surface area contributed by atoms with Crippen molar-refractivity contribution in [3.05, 3.63) is 11.6 Å². The molecule has 3 atom stereocenters. The van der Waals surface area contributed by atoms with Gasteiger partial charge in [0.2, 0.25) is 0 Å².